The van der Waals surface area contributed by atoms with Crippen LogP contribution in [0.2, 0.25) is 5.02 Å². The van der Waals surface area contributed by atoms with Gasteiger partial charge in [-0.15, -0.1) is 0 Å². The lowest BCUT2D eigenvalue weighted by Crippen LogP contribution is -2.12. The molecule has 4 aromatic rings. The average molecular weight is 411 g/mol. The molecule has 0 unspecified atom stereocenters. The number of carbonyl (C=O) groups is 1. The number of nitrogens with zero attached hydrogens (tertiary/aromatic N) is 3. The first-order valence-corrected chi connectivity index (χ1v) is 9.18. The highest BCUT2D eigenvalue weighted by molar-refractivity contribution is 6.34. The number of oxazole rings is 1. The van der Waals surface area contributed by atoms with Gasteiger partial charge in [-0.25, -0.2) is 9.37 Å². The number of halogens is 2. The summed E-state index contributed by atoms with van der Waals surface area (Å²) in [6, 6.07) is 12.5. The van der Waals surface area contributed by atoms with Crippen molar-refractivity contribution in [2.75, 3.05) is 5.32 Å². The third-order valence-corrected chi connectivity index (χ3v) is 4.64. The van der Waals surface area contributed by atoms with Crippen molar-refractivity contribution in [1.82, 2.24) is 14.8 Å². The number of aryl methyl sites for hydroxylation is 1. The molecule has 2 aromatic heterocycles. The van der Waals surface area contributed by atoms with Gasteiger partial charge in [0, 0.05) is 23.6 Å². The lowest BCUT2D eigenvalue weighted by molar-refractivity contribution is 0.102. The van der Waals surface area contributed by atoms with E-state index in [0.717, 1.165) is 23.1 Å². The lowest BCUT2D eigenvalue weighted by Gasteiger charge is -2.07. The van der Waals surface area contributed by atoms with Crippen LogP contribution >= 0.6 is 11.6 Å². The number of nitrogens with one attached hydrogen (secondary N) is 1. The van der Waals surface area contributed by atoms with Crippen molar-refractivity contribution in [3.8, 4) is 11.5 Å². The summed E-state index contributed by atoms with van der Waals surface area (Å²) in [5.74, 6) is 0.295. The Hall–Kier alpha value is -3.45. The lowest BCUT2D eigenvalue weighted by atomic mass is 10.1. The monoisotopic (exact) mass is 410 g/mol. The van der Waals surface area contributed by atoms with Crippen molar-refractivity contribution in [3.63, 3.8) is 0 Å². The maximum Gasteiger partial charge on any atom is 0.257 e. The van der Waals surface area contributed by atoms with E-state index in [1.165, 1.54) is 12.1 Å². The second-order valence-electron chi connectivity index (χ2n) is 6.38. The SMILES string of the molecule is Cc1oc(-c2ccc(NC(=O)c3ccc(F)cc3Cl)cc2)nc1Cn1cccn1. The highest BCUT2D eigenvalue weighted by Gasteiger charge is 2.14. The zero-order valence-electron chi connectivity index (χ0n) is 15.4. The molecule has 0 saturated carbocycles. The van der Waals surface area contributed by atoms with Crippen LogP contribution in [0.1, 0.15) is 21.8 Å². The number of anilines is 1. The molecule has 1 N–H and O–H groups in total. The third-order valence-electron chi connectivity index (χ3n) is 4.33. The molecule has 8 heteroatoms. The molecule has 0 atom stereocenters. The topological polar surface area (TPSA) is 73.0 Å². The summed E-state index contributed by atoms with van der Waals surface area (Å²) >= 11 is 5.94. The van der Waals surface area contributed by atoms with E-state index in [4.69, 9.17) is 16.0 Å². The molecule has 0 aliphatic heterocycles. The summed E-state index contributed by atoms with van der Waals surface area (Å²) in [5, 5.41) is 6.96. The smallest absolute Gasteiger partial charge is 0.257 e. The summed E-state index contributed by atoms with van der Waals surface area (Å²) < 4.78 is 20.7. The van der Waals surface area contributed by atoms with Gasteiger partial charge in [0.05, 0.1) is 17.1 Å². The fourth-order valence-corrected chi connectivity index (χ4v) is 3.07. The minimum Gasteiger partial charge on any atom is -0.441 e. The van der Waals surface area contributed by atoms with Gasteiger partial charge in [-0.2, -0.15) is 5.10 Å². The van der Waals surface area contributed by atoms with Crippen molar-refractivity contribution < 1.29 is 13.6 Å². The first-order chi connectivity index (χ1) is 14.0. The summed E-state index contributed by atoms with van der Waals surface area (Å²) in [7, 11) is 0. The van der Waals surface area contributed by atoms with Crippen LogP contribution in [-0.4, -0.2) is 20.7 Å². The molecule has 0 spiro atoms. The zero-order chi connectivity index (χ0) is 20.4. The third kappa shape index (κ3) is 4.20. The molecule has 2 aromatic carbocycles. The maximum absolute atomic E-state index is 13.1. The molecule has 6 nitrogen and oxygen atoms in total. The molecule has 0 aliphatic carbocycles. The van der Waals surface area contributed by atoms with Gasteiger partial charge in [0.1, 0.15) is 17.3 Å². The Kier molecular flexibility index (Phi) is 5.14. The Morgan fingerprint density at radius 3 is 2.72 bits per heavy atom. The number of hydrogen-bond acceptors (Lipinski definition) is 4. The predicted octanol–water partition coefficient (Wildman–Crippen LogP) is 4.94. The van der Waals surface area contributed by atoms with Gasteiger partial charge in [0.15, 0.2) is 0 Å². The molecule has 146 valence electrons. The van der Waals surface area contributed by atoms with Crippen LogP contribution in [0.5, 0.6) is 0 Å². The molecule has 0 radical (unpaired) electrons. The van der Waals surface area contributed by atoms with Gasteiger partial charge in [-0.05, 0) is 55.5 Å². The van der Waals surface area contributed by atoms with Crippen LogP contribution < -0.4 is 5.32 Å². The van der Waals surface area contributed by atoms with Crippen LogP contribution in [0.15, 0.2) is 65.3 Å². The van der Waals surface area contributed by atoms with E-state index < -0.39 is 11.7 Å². The average Bonchev–Trinajstić information content (AvgIpc) is 3.33. The van der Waals surface area contributed by atoms with E-state index in [-0.39, 0.29) is 10.6 Å². The fraction of sp³-hybridized carbons (Fsp3) is 0.0952. The number of aromatic nitrogens is 3. The van der Waals surface area contributed by atoms with Gasteiger partial charge >= 0.3 is 0 Å². The zero-order valence-corrected chi connectivity index (χ0v) is 16.2. The van der Waals surface area contributed by atoms with Gasteiger partial charge < -0.3 is 9.73 Å². The summed E-state index contributed by atoms with van der Waals surface area (Å²) in [6.45, 7) is 2.38. The van der Waals surface area contributed by atoms with Crippen molar-refractivity contribution >= 4 is 23.2 Å². The van der Waals surface area contributed by atoms with Gasteiger partial charge in [-0.1, -0.05) is 11.6 Å². The highest BCUT2D eigenvalue weighted by atomic mass is 35.5. The second-order valence-corrected chi connectivity index (χ2v) is 6.79. The van der Waals surface area contributed by atoms with E-state index >= 15 is 0 Å². The number of hydrogen-bond donors (Lipinski definition) is 1. The minimum absolute atomic E-state index is 0.0547. The highest BCUT2D eigenvalue weighted by Crippen LogP contribution is 2.25. The molecule has 0 saturated heterocycles. The van der Waals surface area contributed by atoms with Gasteiger partial charge in [0.2, 0.25) is 5.89 Å². The van der Waals surface area contributed by atoms with Crippen molar-refractivity contribution in [2.45, 2.75) is 13.5 Å². The van der Waals surface area contributed by atoms with E-state index in [0.29, 0.717) is 18.1 Å². The van der Waals surface area contributed by atoms with Crippen LogP contribution in [0.25, 0.3) is 11.5 Å². The second kappa shape index (κ2) is 7.89. The van der Waals surface area contributed by atoms with E-state index in [1.54, 1.807) is 35.1 Å². The molecule has 0 aliphatic rings. The van der Waals surface area contributed by atoms with Gasteiger partial charge in [-0.3, -0.25) is 9.48 Å². The molecule has 4 rings (SSSR count). The minimum atomic E-state index is -0.496. The van der Waals surface area contributed by atoms with Crippen LogP contribution in [0, 0.1) is 12.7 Å². The first-order valence-electron chi connectivity index (χ1n) is 8.80. The molecule has 1 amide bonds. The number of amides is 1. The summed E-state index contributed by atoms with van der Waals surface area (Å²) in [6.07, 6.45) is 3.57. The molecular formula is C21H16ClFN4O2. The number of carbonyl (C=O) groups excluding carboxylic acids is 1. The predicted molar refractivity (Wildman–Crippen MR) is 107 cm³/mol. The summed E-state index contributed by atoms with van der Waals surface area (Å²) in [4.78, 5) is 16.9. The Labute approximate surface area is 170 Å². The van der Waals surface area contributed by atoms with Crippen molar-refractivity contribution in [1.29, 1.82) is 0 Å². The Balaban J connectivity index is 1.48. The van der Waals surface area contributed by atoms with E-state index in [1.807, 2.05) is 19.2 Å². The molecule has 2 heterocycles. The van der Waals surface area contributed by atoms with Crippen LogP contribution in [-0.2, 0) is 6.54 Å². The van der Waals surface area contributed by atoms with E-state index in [2.05, 4.69) is 15.4 Å². The largest absolute Gasteiger partial charge is 0.441 e. The molecule has 0 bridgehead atoms. The Morgan fingerprint density at radius 1 is 1.24 bits per heavy atom. The maximum atomic E-state index is 13.1. The van der Waals surface area contributed by atoms with Crippen LogP contribution in [0.3, 0.4) is 0 Å². The van der Waals surface area contributed by atoms with Gasteiger partial charge in [0.25, 0.3) is 5.91 Å². The first kappa shape index (κ1) is 18.9. The molecular weight excluding hydrogens is 395 g/mol. The van der Waals surface area contributed by atoms with Crippen molar-refractivity contribution in [3.05, 3.63) is 88.8 Å². The quantitative estimate of drug-likeness (QED) is 0.505. The number of benzene rings is 2. The normalized spacial score (nSPS) is 10.9. The van der Waals surface area contributed by atoms with Crippen LogP contribution in [0.4, 0.5) is 10.1 Å². The Bertz CT molecular complexity index is 1150. The fourth-order valence-electron chi connectivity index (χ4n) is 2.81. The Morgan fingerprint density at radius 2 is 2.03 bits per heavy atom. The standard InChI is InChI=1S/C21H16ClFN4O2/c1-13-19(12-27-10-2-9-24-27)26-21(29-13)14-3-6-16(7-4-14)25-20(28)17-8-5-15(23)11-18(17)22/h2-11H,12H2,1H3,(H,25,28). The van der Waals surface area contributed by atoms with Crippen molar-refractivity contribution in [2.24, 2.45) is 0 Å². The number of rotatable bonds is 5. The molecule has 29 heavy (non-hydrogen) atoms. The summed E-state index contributed by atoms with van der Waals surface area (Å²) in [5.41, 5.74) is 2.34. The van der Waals surface area contributed by atoms with E-state index in [9.17, 15) is 9.18 Å². The molecule has 0 fully saturated rings.